The highest BCUT2D eigenvalue weighted by Crippen LogP contribution is 2.36. The molecule has 0 saturated carbocycles. The van der Waals surface area contributed by atoms with Gasteiger partial charge < -0.3 is 9.47 Å². The van der Waals surface area contributed by atoms with Crippen molar-refractivity contribution in [2.24, 2.45) is 0 Å². The van der Waals surface area contributed by atoms with Gasteiger partial charge in [-0.1, -0.05) is 0 Å². The number of ether oxygens (including phenoxy) is 2. The molecule has 0 radical (unpaired) electrons. The highest BCUT2D eigenvalue weighted by molar-refractivity contribution is 7.99. The first-order chi connectivity index (χ1) is 8.49. The number of alkyl halides is 3. The van der Waals surface area contributed by atoms with Gasteiger partial charge in [-0.3, -0.25) is 0 Å². The van der Waals surface area contributed by atoms with E-state index in [9.17, 15) is 13.2 Å². The first-order valence-corrected chi connectivity index (χ1v) is 6.38. The first-order valence-electron chi connectivity index (χ1n) is 4.92. The van der Waals surface area contributed by atoms with Crippen LogP contribution in [0.1, 0.15) is 5.56 Å². The lowest BCUT2D eigenvalue weighted by Gasteiger charge is -2.12. The molecule has 0 aliphatic rings. The first kappa shape index (κ1) is 15.1. The molecule has 100 valence electrons. The van der Waals surface area contributed by atoms with Crippen LogP contribution >= 0.6 is 24.0 Å². The fourth-order valence-corrected chi connectivity index (χ4v) is 2.21. The quantitative estimate of drug-likeness (QED) is 0.451. The van der Waals surface area contributed by atoms with Crippen LogP contribution in [0.25, 0.3) is 0 Å². The van der Waals surface area contributed by atoms with Crippen LogP contribution in [0.4, 0.5) is 13.2 Å². The van der Waals surface area contributed by atoms with Crippen LogP contribution in [0.5, 0.6) is 5.75 Å². The van der Waals surface area contributed by atoms with Crippen molar-refractivity contribution in [2.45, 2.75) is 11.1 Å². The molecule has 7 heteroatoms. The molecular weight excluding hydrogens is 285 g/mol. The summed E-state index contributed by atoms with van der Waals surface area (Å²) in [6.45, 7) is 0.341. The van der Waals surface area contributed by atoms with Gasteiger partial charge in [0.1, 0.15) is 11.3 Å². The predicted molar refractivity (Wildman–Crippen MR) is 68.3 cm³/mol. The van der Waals surface area contributed by atoms with Crippen molar-refractivity contribution in [2.75, 3.05) is 19.5 Å². The molecule has 0 aromatic heterocycles. The molecule has 0 aliphatic carbocycles. The summed E-state index contributed by atoms with van der Waals surface area (Å²) < 4.78 is 47.5. The number of halogens is 3. The van der Waals surface area contributed by atoms with Crippen molar-refractivity contribution in [1.82, 2.24) is 0 Å². The highest BCUT2D eigenvalue weighted by atomic mass is 32.2. The van der Waals surface area contributed by atoms with Crippen molar-refractivity contribution >= 4 is 29.5 Å². The monoisotopic (exact) mass is 296 g/mol. The van der Waals surface area contributed by atoms with Gasteiger partial charge in [0, 0.05) is 5.75 Å². The van der Waals surface area contributed by atoms with Crippen LogP contribution < -0.4 is 4.74 Å². The van der Waals surface area contributed by atoms with Gasteiger partial charge in [0.2, 0.25) is 0 Å². The average molecular weight is 296 g/mol. The Labute approximate surface area is 112 Å². The van der Waals surface area contributed by atoms with E-state index in [2.05, 4.69) is 12.2 Å². The number of thioether (sulfide) groups is 1. The smallest absolute Gasteiger partial charge is 0.416 e. The second kappa shape index (κ2) is 6.84. The largest absolute Gasteiger partial charge is 0.496 e. The molecular formula is C11H11F3O2S2. The number of hydrogen-bond donors (Lipinski definition) is 0. The lowest BCUT2D eigenvalue weighted by atomic mass is 10.2. The molecule has 18 heavy (non-hydrogen) atoms. The normalized spacial score (nSPS) is 11.1. The van der Waals surface area contributed by atoms with Crippen LogP contribution in [0, 0.1) is 0 Å². The summed E-state index contributed by atoms with van der Waals surface area (Å²) in [5.74, 6) is 0.903. The third kappa shape index (κ3) is 4.38. The second-order valence-corrected chi connectivity index (χ2v) is 4.51. The lowest BCUT2D eigenvalue weighted by Crippen LogP contribution is -2.05. The minimum Gasteiger partial charge on any atom is -0.496 e. The Morgan fingerprint density at radius 3 is 2.67 bits per heavy atom. The van der Waals surface area contributed by atoms with Gasteiger partial charge in [0.15, 0.2) is 0 Å². The molecule has 0 amide bonds. The molecule has 1 rings (SSSR count). The van der Waals surface area contributed by atoms with Crippen LogP contribution in [-0.2, 0) is 10.9 Å². The van der Waals surface area contributed by atoms with Gasteiger partial charge in [0.05, 0.1) is 24.2 Å². The lowest BCUT2D eigenvalue weighted by molar-refractivity contribution is -0.137. The standard InChI is InChI=1S/C11H11F3O2S2/c1-15-9-3-2-8(11(12,13)14)6-10(9)18-5-4-16-7-17/h2-3,6-7H,4-5H2,1H3. The molecule has 0 unspecified atom stereocenters. The van der Waals surface area contributed by atoms with E-state index in [1.165, 1.54) is 24.9 Å². The molecule has 0 fully saturated rings. The Bertz CT molecular complexity index is 408. The van der Waals surface area contributed by atoms with Crippen LogP contribution in [0.3, 0.4) is 0 Å². The van der Waals surface area contributed by atoms with Gasteiger partial charge in [-0.25, -0.2) is 0 Å². The van der Waals surface area contributed by atoms with Crippen molar-refractivity contribution in [3.63, 3.8) is 0 Å². The molecule has 0 bridgehead atoms. The van der Waals surface area contributed by atoms with Crippen LogP contribution in [0.15, 0.2) is 23.1 Å². The fourth-order valence-electron chi connectivity index (χ4n) is 1.21. The zero-order valence-electron chi connectivity index (χ0n) is 9.49. The maximum Gasteiger partial charge on any atom is 0.416 e. The molecule has 0 aliphatic heterocycles. The summed E-state index contributed by atoms with van der Waals surface area (Å²) in [7, 11) is 1.42. The summed E-state index contributed by atoms with van der Waals surface area (Å²) in [4.78, 5) is 0.431. The molecule has 0 N–H and O–H groups in total. The molecule has 1 aromatic carbocycles. The van der Waals surface area contributed by atoms with Crippen molar-refractivity contribution in [1.29, 1.82) is 0 Å². The molecule has 0 saturated heterocycles. The Balaban J connectivity index is 2.82. The third-order valence-corrected chi connectivity index (χ3v) is 3.15. The van der Waals surface area contributed by atoms with Gasteiger partial charge in [-0.05, 0) is 30.4 Å². The van der Waals surface area contributed by atoms with Crippen molar-refractivity contribution in [3.8, 4) is 5.75 Å². The second-order valence-electron chi connectivity index (χ2n) is 3.18. The van der Waals surface area contributed by atoms with Gasteiger partial charge in [-0.2, -0.15) is 13.2 Å². The minimum absolute atomic E-state index is 0.341. The number of thiocarbonyl (C=S) groups is 1. The van der Waals surface area contributed by atoms with E-state index in [-0.39, 0.29) is 0 Å². The Kier molecular flexibility index (Phi) is 5.74. The number of benzene rings is 1. The maximum absolute atomic E-state index is 12.6. The molecule has 0 heterocycles. The fraction of sp³-hybridized carbons (Fsp3) is 0.364. The zero-order valence-corrected chi connectivity index (χ0v) is 11.1. The number of hydrogen-bond acceptors (Lipinski definition) is 4. The average Bonchev–Trinajstić information content (AvgIpc) is 2.33. The van der Waals surface area contributed by atoms with Crippen molar-refractivity contribution < 1.29 is 22.6 Å². The molecule has 0 atom stereocenters. The summed E-state index contributed by atoms with van der Waals surface area (Å²) in [5, 5.41) is 0. The zero-order chi connectivity index (χ0) is 13.6. The van der Waals surface area contributed by atoms with Gasteiger partial charge in [-0.15, -0.1) is 11.8 Å². The number of methoxy groups -OCH3 is 1. The third-order valence-electron chi connectivity index (χ3n) is 2.02. The SMILES string of the molecule is COc1ccc(C(F)(F)F)cc1SCCOC=S. The molecule has 1 aromatic rings. The van der Waals surface area contributed by atoms with Gasteiger partial charge >= 0.3 is 6.18 Å². The summed E-state index contributed by atoms with van der Waals surface area (Å²) in [5.41, 5.74) is 0.436. The summed E-state index contributed by atoms with van der Waals surface area (Å²) >= 11 is 5.70. The predicted octanol–water partition coefficient (Wildman–Crippen LogP) is 3.78. The van der Waals surface area contributed by atoms with E-state index in [4.69, 9.17) is 9.47 Å². The van der Waals surface area contributed by atoms with E-state index < -0.39 is 11.7 Å². The molecule has 0 spiro atoms. The Morgan fingerprint density at radius 1 is 1.39 bits per heavy atom. The van der Waals surface area contributed by atoms with Gasteiger partial charge in [0.25, 0.3) is 0 Å². The van der Waals surface area contributed by atoms with Crippen LogP contribution in [0.2, 0.25) is 0 Å². The van der Waals surface area contributed by atoms with E-state index in [1.54, 1.807) is 0 Å². The van der Waals surface area contributed by atoms with E-state index in [0.717, 1.165) is 17.7 Å². The number of rotatable bonds is 6. The summed E-state index contributed by atoms with van der Waals surface area (Å²) in [6, 6.07) is 3.38. The maximum atomic E-state index is 12.6. The van der Waals surface area contributed by atoms with E-state index >= 15 is 0 Å². The van der Waals surface area contributed by atoms with Crippen LogP contribution in [-0.4, -0.2) is 25.0 Å². The minimum atomic E-state index is -4.35. The van der Waals surface area contributed by atoms with E-state index in [1.807, 2.05) is 0 Å². The highest BCUT2D eigenvalue weighted by Gasteiger charge is 2.31. The Hall–Kier alpha value is -0.950. The summed E-state index contributed by atoms with van der Waals surface area (Å²) in [6.07, 6.45) is -4.35. The Morgan fingerprint density at radius 2 is 2.11 bits per heavy atom. The topological polar surface area (TPSA) is 18.5 Å². The van der Waals surface area contributed by atoms with E-state index in [0.29, 0.717) is 23.0 Å². The molecule has 2 nitrogen and oxygen atoms in total. The van der Waals surface area contributed by atoms with Crippen molar-refractivity contribution in [3.05, 3.63) is 23.8 Å².